The number of nitrogens with zero attached hydrogens (tertiary/aromatic N) is 2. The Bertz CT molecular complexity index is 416. The second kappa shape index (κ2) is 3.42. The Balaban J connectivity index is 2.54. The number of hydrogen-bond donors (Lipinski definition) is 2. The van der Waals surface area contributed by atoms with Gasteiger partial charge in [0.2, 0.25) is 0 Å². The van der Waals surface area contributed by atoms with E-state index in [-0.39, 0.29) is 0 Å². The van der Waals surface area contributed by atoms with E-state index in [1.165, 1.54) is 0 Å². The lowest BCUT2D eigenvalue weighted by Crippen LogP contribution is -1.94. The van der Waals surface area contributed by atoms with Gasteiger partial charge in [0.05, 0.1) is 16.1 Å². The molecule has 0 amide bonds. The predicted octanol–water partition coefficient (Wildman–Crippen LogP) is 2.24. The minimum atomic E-state index is 0.367. The maximum Gasteiger partial charge on any atom is 0.149 e. The van der Waals surface area contributed by atoms with Gasteiger partial charge in [-0.1, -0.05) is 13.8 Å². The first-order valence-electron chi connectivity index (χ1n) is 4.42. The van der Waals surface area contributed by atoms with Crippen molar-refractivity contribution in [3.63, 3.8) is 0 Å². The number of aromatic amines is 1. The molecule has 2 rings (SSSR count). The van der Waals surface area contributed by atoms with Crippen LogP contribution >= 0.6 is 11.3 Å². The van der Waals surface area contributed by atoms with Crippen LogP contribution in [0.15, 0.2) is 11.7 Å². The molecule has 5 heteroatoms. The Morgan fingerprint density at radius 2 is 2.29 bits per heavy atom. The van der Waals surface area contributed by atoms with Crippen LogP contribution in [0.2, 0.25) is 0 Å². The fourth-order valence-corrected chi connectivity index (χ4v) is 2.11. The fraction of sp³-hybridized carbons (Fsp3) is 0.333. The van der Waals surface area contributed by atoms with Gasteiger partial charge in [0.15, 0.2) is 0 Å². The van der Waals surface area contributed by atoms with Crippen LogP contribution < -0.4 is 5.73 Å². The highest BCUT2D eigenvalue weighted by Gasteiger charge is 2.16. The van der Waals surface area contributed by atoms with E-state index in [0.29, 0.717) is 11.7 Å². The minimum absolute atomic E-state index is 0.367. The summed E-state index contributed by atoms with van der Waals surface area (Å²) >= 11 is 1.58. The average molecular weight is 208 g/mol. The SMILES string of the molecule is CC(C)c1c(N)n[nH]c1-c1cncs1. The molecule has 74 valence electrons. The zero-order valence-electron chi connectivity index (χ0n) is 8.11. The van der Waals surface area contributed by atoms with Gasteiger partial charge in [-0.15, -0.1) is 11.3 Å². The second-order valence-corrected chi connectivity index (χ2v) is 4.30. The smallest absolute Gasteiger partial charge is 0.149 e. The van der Waals surface area contributed by atoms with E-state index in [1.54, 1.807) is 16.8 Å². The van der Waals surface area contributed by atoms with E-state index in [1.807, 2.05) is 6.20 Å². The maximum atomic E-state index is 5.79. The molecular weight excluding hydrogens is 196 g/mol. The standard InChI is InChI=1S/C9H12N4S/c1-5(2)7-8(12-13-9(7)10)6-3-11-4-14-6/h3-5H,1-2H3,(H3,10,12,13). The molecule has 0 atom stereocenters. The molecule has 0 unspecified atom stereocenters. The number of thiazole rings is 1. The summed E-state index contributed by atoms with van der Waals surface area (Å²) in [5.74, 6) is 0.953. The molecule has 4 nitrogen and oxygen atoms in total. The van der Waals surface area contributed by atoms with E-state index in [4.69, 9.17) is 5.73 Å². The van der Waals surface area contributed by atoms with Gasteiger partial charge in [-0.25, -0.2) is 0 Å². The molecule has 0 saturated carbocycles. The third kappa shape index (κ3) is 1.39. The summed E-state index contributed by atoms with van der Waals surface area (Å²) < 4.78 is 0. The molecule has 0 radical (unpaired) electrons. The normalized spacial score (nSPS) is 11.1. The summed E-state index contributed by atoms with van der Waals surface area (Å²) in [6.45, 7) is 4.21. The number of H-pyrrole nitrogens is 1. The van der Waals surface area contributed by atoms with Crippen LogP contribution in [0, 0.1) is 0 Å². The molecule has 2 aromatic rings. The van der Waals surface area contributed by atoms with Crippen molar-refractivity contribution in [1.82, 2.24) is 15.2 Å². The van der Waals surface area contributed by atoms with Crippen LogP contribution in [-0.4, -0.2) is 15.2 Å². The first-order chi connectivity index (χ1) is 6.70. The van der Waals surface area contributed by atoms with Crippen molar-refractivity contribution in [2.75, 3.05) is 5.73 Å². The van der Waals surface area contributed by atoms with Gasteiger partial charge >= 0.3 is 0 Å². The molecule has 14 heavy (non-hydrogen) atoms. The molecule has 3 N–H and O–H groups in total. The first kappa shape index (κ1) is 9.21. The molecule has 0 aliphatic heterocycles. The molecule has 0 aliphatic rings. The van der Waals surface area contributed by atoms with Gasteiger partial charge in [-0.05, 0) is 5.92 Å². The summed E-state index contributed by atoms with van der Waals surface area (Å²) in [5, 5.41) is 6.98. The maximum absolute atomic E-state index is 5.79. The third-order valence-corrected chi connectivity index (χ3v) is 2.88. The summed E-state index contributed by atoms with van der Waals surface area (Å²) in [7, 11) is 0. The van der Waals surface area contributed by atoms with Crippen molar-refractivity contribution in [3.05, 3.63) is 17.3 Å². The van der Waals surface area contributed by atoms with Crippen LogP contribution in [0.5, 0.6) is 0 Å². The lowest BCUT2D eigenvalue weighted by molar-refractivity contribution is 0.873. The average Bonchev–Trinajstić information content (AvgIpc) is 2.70. The Morgan fingerprint density at radius 3 is 2.86 bits per heavy atom. The van der Waals surface area contributed by atoms with Crippen molar-refractivity contribution in [2.24, 2.45) is 0 Å². The molecule has 0 bridgehead atoms. The fourth-order valence-electron chi connectivity index (χ4n) is 1.48. The van der Waals surface area contributed by atoms with Crippen molar-refractivity contribution in [2.45, 2.75) is 19.8 Å². The predicted molar refractivity (Wildman–Crippen MR) is 58.2 cm³/mol. The lowest BCUT2D eigenvalue weighted by Gasteiger charge is -2.04. The molecule has 0 saturated heterocycles. The van der Waals surface area contributed by atoms with Crippen molar-refractivity contribution in [1.29, 1.82) is 0 Å². The quantitative estimate of drug-likeness (QED) is 0.795. The monoisotopic (exact) mass is 208 g/mol. The second-order valence-electron chi connectivity index (χ2n) is 3.42. The van der Waals surface area contributed by atoms with Crippen LogP contribution in [0.25, 0.3) is 10.6 Å². The number of aromatic nitrogens is 3. The Labute approximate surface area is 86.2 Å². The van der Waals surface area contributed by atoms with Crippen LogP contribution in [0.1, 0.15) is 25.3 Å². The van der Waals surface area contributed by atoms with Gasteiger partial charge < -0.3 is 5.73 Å². The van der Waals surface area contributed by atoms with Crippen LogP contribution in [-0.2, 0) is 0 Å². The summed E-state index contributed by atoms with van der Waals surface area (Å²) in [6.07, 6.45) is 1.82. The number of nitrogen functional groups attached to an aromatic ring is 1. The summed E-state index contributed by atoms with van der Waals surface area (Å²) in [6, 6.07) is 0. The van der Waals surface area contributed by atoms with E-state index < -0.39 is 0 Å². The van der Waals surface area contributed by atoms with Gasteiger partial charge in [0.1, 0.15) is 5.82 Å². The van der Waals surface area contributed by atoms with Gasteiger partial charge in [0.25, 0.3) is 0 Å². The number of hydrogen-bond acceptors (Lipinski definition) is 4. The highest BCUT2D eigenvalue weighted by Crippen LogP contribution is 2.32. The molecule has 0 fully saturated rings. The van der Waals surface area contributed by atoms with E-state index in [9.17, 15) is 0 Å². The summed E-state index contributed by atoms with van der Waals surface area (Å²) in [5.41, 5.74) is 9.67. The number of nitrogens with one attached hydrogen (secondary N) is 1. The van der Waals surface area contributed by atoms with Crippen LogP contribution in [0.4, 0.5) is 5.82 Å². The van der Waals surface area contributed by atoms with Gasteiger partial charge in [-0.2, -0.15) is 5.10 Å². The molecule has 2 aromatic heterocycles. The molecule has 2 heterocycles. The van der Waals surface area contributed by atoms with E-state index in [0.717, 1.165) is 16.1 Å². The summed E-state index contributed by atoms with van der Waals surface area (Å²) in [4.78, 5) is 5.12. The van der Waals surface area contributed by atoms with Gasteiger partial charge in [0, 0.05) is 11.8 Å². The van der Waals surface area contributed by atoms with Crippen molar-refractivity contribution < 1.29 is 0 Å². The van der Waals surface area contributed by atoms with E-state index >= 15 is 0 Å². The van der Waals surface area contributed by atoms with Crippen molar-refractivity contribution in [3.8, 4) is 10.6 Å². The highest BCUT2D eigenvalue weighted by atomic mass is 32.1. The van der Waals surface area contributed by atoms with Crippen molar-refractivity contribution >= 4 is 17.2 Å². The number of nitrogens with two attached hydrogens (primary N) is 1. The largest absolute Gasteiger partial charge is 0.382 e. The Morgan fingerprint density at radius 1 is 1.50 bits per heavy atom. The minimum Gasteiger partial charge on any atom is -0.382 e. The lowest BCUT2D eigenvalue weighted by atomic mass is 10.0. The first-order valence-corrected chi connectivity index (χ1v) is 5.30. The third-order valence-electron chi connectivity index (χ3n) is 2.09. The Kier molecular flexibility index (Phi) is 2.25. The zero-order valence-corrected chi connectivity index (χ0v) is 8.93. The topological polar surface area (TPSA) is 67.6 Å². The molecule has 0 spiro atoms. The van der Waals surface area contributed by atoms with E-state index in [2.05, 4.69) is 29.0 Å². The molecular formula is C9H12N4S. The zero-order chi connectivity index (χ0) is 10.1. The van der Waals surface area contributed by atoms with Gasteiger partial charge in [-0.3, -0.25) is 10.1 Å². The van der Waals surface area contributed by atoms with Crippen LogP contribution in [0.3, 0.4) is 0 Å². The number of anilines is 1. The number of rotatable bonds is 2. The highest BCUT2D eigenvalue weighted by molar-refractivity contribution is 7.13. The molecule has 0 aliphatic carbocycles. The molecule has 0 aromatic carbocycles. The Hall–Kier alpha value is -1.36.